The molecule has 0 aliphatic heterocycles. The largest absolute Gasteiger partial charge is 0.311 e. The van der Waals surface area contributed by atoms with Crippen LogP contribution in [0.5, 0.6) is 0 Å². The summed E-state index contributed by atoms with van der Waals surface area (Å²) in [4.78, 5) is 8.62. The first kappa shape index (κ1) is 10.8. The van der Waals surface area contributed by atoms with Crippen molar-refractivity contribution >= 4 is 0 Å². The van der Waals surface area contributed by atoms with Crippen LogP contribution >= 0.6 is 0 Å². The highest BCUT2D eigenvalue weighted by Crippen LogP contribution is 2.00. The number of hydrogen-bond acceptors (Lipinski definition) is 4. The van der Waals surface area contributed by atoms with Gasteiger partial charge in [0.25, 0.3) is 0 Å². The lowest BCUT2D eigenvalue weighted by Crippen LogP contribution is -2.15. The number of hydrogen-bond donors (Lipinski definition) is 1. The Bertz CT molecular complexity index is 406. The van der Waals surface area contributed by atoms with Crippen molar-refractivity contribution in [2.24, 2.45) is 0 Å². The zero-order valence-electron chi connectivity index (χ0n) is 9.30. The molecule has 2 rings (SSSR count). The maximum Gasteiger partial charge on any atom is 0.171 e. The molecule has 0 bridgehead atoms. The van der Waals surface area contributed by atoms with Gasteiger partial charge in [-0.05, 0) is 19.0 Å². The van der Waals surface area contributed by atoms with Gasteiger partial charge in [-0.1, -0.05) is 6.92 Å². The molecule has 5 heteroatoms. The van der Waals surface area contributed by atoms with Crippen LogP contribution in [0.15, 0.2) is 30.9 Å². The molecule has 2 aromatic heterocycles. The fourth-order valence-corrected chi connectivity index (χ4v) is 1.36. The van der Waals surface area contributed by atoms with Crippen molar-refractivity contribution in [2.45, 2.75) is 19.9 Å². The van der Waals surface area contributed by atoms with Crippen LogP contribution in [0.3, 0.4) is 0 Å². The third kappa shape index (κ3) is 2.64. The van der Waals surface area contributed by atoms with E-state index in [0.717, 1.165) is 31.0 Å². The van der Waals surface area contributed by atoms with E-state index in [1.54, 1.807) is 23.3 Å². The molecule has 5 nitrogen and oxygen atoms in total. The molecule has 0 atom stereocenters. The molecule has 0 aliphatic rings. The minimum absolute atomic E-state index is 0.740. The Hall–Kier alpha value is -1.75. The zero-order chi connectivity index (χ0) is 11.2. The fraction of sp³-hybridized carbons (Fsp3) is 0.364. The number of nitrogens with one attached hydrogen (secondary N) is 1. The minimum Gasteiger partial charge on any atom is -0.311 e. The molecule has 0 spiro atoms. The van der Waals surface area contributed by atoms with Gasteiger partial charge in [-0.25, -0.2) is 9.67 Å². The SMILES string of the molecule is CCCNCc1cnc(-n2cccn2)cn1. The van der Waals surface area contributed by atoms with Gasteiger partial charge in [0.2, 0.25) is 0 Å². The van der Waals surface area contributed by atoms with Crippen molar-refractivity contribution in [3.05, 3.63) is 36.5 Å². The van der Waals surface area contributed by atoms with Crippen LogP contribution in [0.1, 0.15) is 19.0 Å². The maximum atomic E-state index is 4.32. The summed E-state index contributed by atoms with van der Waals surface area (Å²) in [6.45, 7) is 3.91. The minimum atomic E-state index is 0.740. The van der Waals surface area contributed by atoms with Crippen LogP contribution in [-0.4, -0.2) is 26.3 Å². The third-order valence-corrected chi connectivity index (χ3v) is 2.16. The van der Waals surface area contributed by atoms with Gasteiger partial charge >= 0.3 is 0 Å². The summed E-state index contributed by atoms with van der Waals surface area (Å²) < 4.78 is 1.69. The monoisotopic (exact) mass is 217 g/mol. The molecule has 0 unspecified atom stereocenters. The van der Waals surface area contributed by atoms with Crippen LogP contribution in [0.4, 0.5) is 0 Å². The molecule has 0 saturated heterocycles. The summed E-state index contributed by atoms with van der Waals surface area (Å²) >= 11 is 0. The van der Waals surface area contributed by atoms with Crippen molar-refractivity contribution in [1.82, 2.24) is 25.1 Å². The summed E-state index contributed by atoms with van der Waals surface area (Å²) in [5.41, 5.74) is 0.948. The van der Waals surface area contributed by atoms with Gasteiger partial charge in [-0.15, -0.1) is 0 Å². The number of aromatic nitrogens is 4. The van der Waals surface area contributed by atoms with Crippen LogP contribution in [0, 0.1) is 0 Å². The van der Waals surface area contributed by atoms with Crippen LogP contribution in [-0.2, 0) is 6.54 Å². The molecule has 1 N–H and O–H groups in total. The van der Waals surface area contributed by atoms with Crippen molar-refractivity contribution in [2.75, 3.05) is 6.54 Å². The molecule has 0 saturated carbocycles. The topological polar surface area (TPSA) is 55.6 Å². The van der Waals surface area contributed by atoms with Crippen molar-refractivity contribution < 1.29 is 0 Å². The average Bonchev–Trinajstić information content (AvgIpc) is 2.84. The molecule has 2 heterocycles. The molecule has 0 radical (unpaired) electrons. The van der Waals surface area contributed by atoms with Gasteiger partial charge in [-0.2, -0.15) is 5.10 Å². The molecule has 0 aliphatic carbocycles. The van der Waals surface area contributed by atoms with E-state index in [0.29, 0.717) is 0 Å². The van der Waals surface area contributed by atoms with Gasteiger partial charge in [0, 0.05) is 18.9 Å². The summed E-state index contributed by atoms with van der Waals surface area (Å²) in [6.07, 6.45) is 8.20. The van der Waals surface area contributed by atoms with Crippen LogP contribution in [0.25, 0.3) is 5.82 Å². The van der Waals surface area contributed by atoms with Crippen LogP contribution < -0.4 is 5.32 Å². The molecule has 16 heavy (non-hydrogen) atoms. The highest BCUT2D eigenvalue weighted by Gasteiger charge is 1.99. The van der Waals surface area contributed by atoms with Gasteiger partial charge in [0.05, 0.1) is 18.1 Å². The first-order valence-electron chi connectivity index (χ1n) is 5.42. The van der Waals surface area contributed by atoms with E-state index in [2.05, 4.69) is 27.3 Å². The van der Waals surface area contributed by atoms with Crippen molar-refractivity contribution in [3.63, 3.8) is 0 Å². The van der Waals surface area contributed by atoms with Gasteiger partial charge in [0.1, 0.15) is 0 Å². The highest BCUT2D eigenvalue weighted by molar-refractivity contribution is 5.17. The second kappa shape index (κ2) is 5.37. The standard InChI is InChI=1S/C11H15N5/c1-2-4-12-7-10-8-14-11(9-13-10)16-6-3-5-15-16/h3,5-6,8-9,12H,2,4,7H2,1H3. The number of rotatable bonds is 5. The lowest BCUT2D eigenvalue weighted by molar-refractivity contribution is 0.660. The molecule has 2 aromatic rings. The smallest absolute Gasteiger partial charge is 0.171 e. The third-order valence-electron chi connectivity index (χ3n) is 2.16. The van der Waals surface area contributed by atoms with E-state index in [-0.39, 0.29) is 0 Å². The molecule has 84 valence electrons. The van der Waals surface area contributed by atoms with Crippen molar-refractivity contribution in [1.29, 1.82) is 0 Å². The Morgan fingerprint density at radius 1 is 1.31 bits per heavy atom. The van der Waals surface area contributed by atoms with Gasteiger partial charge in [-0.3, -0.25) is 4.98 Å². The van der Waals surface area contributed by atoms with E-state index in [1.807, 2.05) is 12.3 Å². The average molecular weight is 217 g/mol. The fourth-order valence-electron chi connectivity index (χ4n) is 1.36. The normalized spacial score (nSPS) is 10.6. The highest BCUT2D eigenvalue weighted by atomic mass is 15.3. The Labute approximate surface area is 94.5 Å². The van der Waals surface area contributed by atoms with E-state index < -0.39 is 0 Å². The predicted molar refractivity (Wildman–Crippen MR) is 61.2 cm³/mol. The Morgan fingerprint density at radius 2 is 2.25 bits per heavy atom. The van der Waals surface area contributed by atoms with E-state index in [4.69, 9.17) is 0 Å². The number of nitrogens with zero attached hydrogens (tertiary/aromatic N) is 4. The van der Waals surface area contributed by atoms with E-state index in [1.165, 1.54) is 0 Å². The lowest BCUT2D eigenvalue weighted by Gasteiger charge is -2.03. The Balaban J connectivity index is 2.00. The predicted octanol–water partition coefficient (Wildman–Crippen LogP) is 1.16. The summed E-state index contributed by atoms with van der Waals surface area (Å²) in [5, 5.41) is 7.37. The Morgan fingerprint density at radius 3 is 2.88 bits per heavy atom. The summed E-state index contributed by atoms with van der Waals surface area (Å²) in [7, 11) is 0. The Kier molecular flexibility index (Phi) is 3.61. The lowest BCUT2D eigenvalue weighted by atomic mass is 10.4. The zero-order valence-corrected chi connectivity index (χ0v) is 9.30. The molecule has 0 fully saturated rings. The summed E-state index contributed by atoms with van der Waals surface area (Å²) in [5.74, 6) is 0.740. The molecular weight excluding hydrogens is 202 g/mol. The second-order valence-corrected chi connectivity index (χ2v) is 3.49. The molecular formula is C11H15N5. The van der Waals surface area contributed by atoms with E-state index in [9.17, 15) is 0 Å². The van der Waals surface area contributed by atoms with E-state index >= 15 is 0 Å². The molecule has 0 amide bonds. The summed E-state index contributed by atoms with van der Waals surface area (Å²) in [6, 6.07) is 1.86. The first-order chi connectivity index (χ1) is 7.90. The molecule has 0 aromatic carbocycles. The first-order valence-corrected chi connectivity index (χ1v) is 5.42. The van der Waals surface area contributed by atoms with Gasteiger partial charge in [0.15, 0.2) is 5.82 Å². The maximum absolute atomic E-state index is 4.32. The van der Waals surface area contributed by atoms with Crippen LogP contribution in [0.2, 0.25) is 0 Å². The van der Waals surface area contributed by atoms with Crippen molar-refractivity contribution in [3.8, 4) is 5.82 Å². The second-order valence-electron chi connectivity index (χ2n) is 3.49. The van der Waals surface area contributed by atoms with Gasteiger partial charge < -0.3 is 5.32 Å². The quantitative estimate of drug-likeness (QED) is 0.764.